The molecule has 0 radical (unpaired) electrons. The van der Waals surface area contributed by atoms with Gasteiger partial charge in [0.25, 0.3) is 12.0 Å². The topological polar surface area (TPSA) is 131 Å². The van der Waals surface area contributed by atoms with Gasteiger partial charge >= 0.3 is 0 Å². The molecule has 5 rings (SSSR count). The van der Waals surface area contributed by atoms with Gasteiger partial charge in [0.15, 0.2) is 0 Å². The molecule has 1 aromatic carbocycles. The lowest BCUT2D eigenvalue weighted by Crippen LogP contribution is -2.35. The van der Waals surface area contributed by atoms with E-state index in [1.165, 1.54) is 11.5 Å². The highest BCUT2D eigenvalue weighted by Crippen LogP contribution is 2.38. The Hall–Kier alpha value is -3.27. The third-order valence-corrected chi connectivity index (χ3v) is 7.41. The average molecular weight is 512 g/mol. The molecule has 1 aliphatic heterocycles. The summed E-state index contributed by atoms with van der Waals surface area (Å²) < 4.78 is 6.38. The standard InChI is InChI=1S/C26H26ClN3O6/c1-12-5-16-17(8-28-25(34)24(33)14-3-4-14)18-9-30-22(23(18)29-21(16)7-20(12)27)6-15(13(2)32)19(26(30)35)10-36-11-31/h5-7,11,13-14,24,32-33H,3-4,8-10H2,1-2H3,(H,28,34). The quantitative estimate of drug-likeness (QED) is 0.310. The summed E-state index contributed by atoms with van der Waals surface area (Å²) in [5, 5.41) is 24.8. The van der Waals surface area contributed by atoms with Gasteiger partial charge in [0.2, 0.25) is 5.91 Å². The van der Waals surface area contributed by atoms with Gasteiger partial charge in [-0.25, -0.2) is 4.98 Å². The predicted molar refractivity (Wildman–Crippen MR) is 132 cm³/mol. The third kappa shape index (κ3) is 4.17. The van der Waals surface area contributed by atoms with Gasteiger partial charge in [-0.2, -0.15) is 0 Å². The van der Waals surface area contributed by atoms with Gasteiger partial charge in [-0.3, -0.25) is 14.4 Å². The van der Waals surface area contributed by atoms with Crippen LogP contribution in [0.1, 0.15) is 53.7 Å². The second-order valence-corrected chi connectivity index (χ2v) is 9.88. The third-order valence-electron chi connectivity index (χ3n) is 7.00. The van der Waals surface area contributed by atoms with E-state index in [1.807, 2.05) is 13.0 Å². The van der Waals surface area contributed by atoms with Crippen LogP contribution in [0.15, 0.2) is 23.0 Å². The fourth-order valence-corrected chi connectivity index (χ4v) is 5.00. The lowest BCUT2D eigenvalue weighted by Gasteiger charge is -2.16. The molecule has 0 bridgehead atoms. The van der Waals surface area contributed by atoms with Gasteiger partial charge in [-0.05, 0) is 67.5 Å². The molecule has 2 unspecified atom stereocenters. The minimum Gasteiger partial charge on any atom is -0.463 e. The Morgan fingerprint density at radius 2 is 2.06 bits per heavy atom. The van der Waals surface area contributed by atoms with E-state index in [9.17, 15) is 24.6 Å². The maximum Gasteiger partial charge on any atom is 0.293 e. The summed E-state index contributed by atoms with van der Waals surface area (Å²) in [7, 11) is 0. The van der Waals surface area contributed by atoms with Gasteiger partial charge in [0, 0.05) is 22.5 Å². The molecule has 0 spiro atoms. The van der Waals surface area contributed by atoms with Gasteiger partial charge in [-0.1, -0.05) is 11.6 Å². The number of pyridine rings is 2. The molecular weight excluding hydrogens is 486 g/mol. The van der Waals surface area contributed by atoms with E-state index in [1.54, 1.807) is 12.1 Å². The second kappa shape index (κ2) is 9.31. The zero-order chi connectivity index (χ0) is 25.7. The second-order valence-electron chi connectivity index (χ2n) is 9.47. The SMILES string of the molecule is Cc1cc2c(CNC(=O)C(O)C3CC3)c3c(nc2cc1Cl)-c1cc(C(C)O)c(COC=O)c(=O)n1C3. The lowest BCUT2D eigenvalue weighted by molar-refractivity contribution is -0.131. The Morgan fingerprint density at radius 1 is 1.31 bits per heavy atom. The molecule has 3 aromatic rings. The number of carbonyl (C=O) groups excluding carboxylic acids is 2. The predicted octanol–water partition coefficient (Wildman–Crippen LogP) is 2.50. The van der Waals surface area contributed by atoms with Gasteiger partial charge in [0.05, 0.1) is 35.1 Å². The van der Waals surface area contributed by atoms with Crippen LogP contribution in [0.5, 0.6) is 0 Å². The molecule has 36 heavy (non-hydrogen) atoms. The van der Waals surface area contributed by atoms with Crippen molar-refractivity contribution in [2.75, 3.05) is 0 Å². The molecule has 1 saturated carbocycles. The summed E-state index contributed by atoms with van der Waals surface area (Å²) in [6.45, 7) is 3.74. The molecule has 1 aliphatic carbocycles. The molecule has 3 heterocycles. The largest absolute Gasteiger partial charge is 0.463 e. The number of carbonyl (C=O) groups is 2. The fourth-order valence-electron chi connectivity index (χ4n) is 4.84. The van der Waals surface area contributed by atoms with Crippen molar-refractivity contribution in [3.05, 3.63) is 61.4 Å². The van der Waals surface area contributed by atoms with Crippen molar-refractivity contribution in [3.8, 4) is 11.4 Å². The zero-order valence-electron chi connectivity index (χ0n) is 19.9. The number of hydrogen-bond donors (Lipinski definition) is 3. The Morgan fingerprint density at radius 3 is 2.72 bits per heavy atom. The summed E-state index contributed by atoms with van der Waals surface area (Å²) in [6, 6.07) is 5.34. The number of rotatable bonds is 8. The van der Waals surface area contributed by atoms with Crippen LogP contribution < -0.4 is 10.9 Å². The molecule has 1 amide bonds. The Kier molecular flexibility index (Phi) is 6.32. The van der Waals surface area contributed by atoms with Crippen molar-refractivity contribution in [1.29, 1.82) is 0 Å². The van der Waals surface area contributed by atoms with Crippen LogP contribution in [0.25, 0.3) is 22.3 Å². The average Bonchev–Trinajstić information content (AvgIpc) is 3.63. The number of nitrogens with one attached hydrogen (secondary N) is 1. The molecule has 2 aliphatic rings. The van der Waals surface area contributed by atoms with Crippen molar-refractivity contribution < 1.29 is 24.5 Å². The maximum absolute atomic E-state index is 13.4. The highest BCUT2D eigenvalue weighted by molar-refractivity contribution is 6.32. The van der Waals surface area contributed by atoms with Crippen molar-refractivity contribution >= 4 is 34.9 Å². The molecule has 9 nitrogen and oxygen atoms in total. The van der Waals surface area contributed by atoms with Crippen LogP contribution in [0.4, 0.5) is 0 Å². The summed E-state index contributed by atoms with van der Waals surface area (Å²) in [5.74, 6) is -0.432. The number of nitrogens with zero attached hydrogens (tertiary/aromatic N) is 2. The van der Waals surface area contributed by atoms with Crippen LogP contribution in [0.2, 0.25) is 5.02 Å². The molecule has 1 fully saturated rings. The number of benzene rings is 1. The molecule has 0 saturated heterocycles. The zero-order valence-corrected chi connectivity index (χ0v) is 20.6. The van der Waals surface area contributed by atoms with E-state index >= 15 is 0 Å². The number of halogens is 1. The van der Waals surface area contributed by atoms with E-state index in [0.29, 0.717) is 27.5 Å². The first-order chi connectivity index (χ1) is 17.2. The number of aromatic nitrogens is 2. The van der Waals surface area contributed by atoms with E-state index in [2.05, 4.69) is 5.32 Å². The first kappa shape index (κ1) is 24.4. The number of ether oxygens (including phenoxy) is 1. The van der Waals surface area contributed by atoms with Crippen LogP contribution in [-0.4, -0.2) is 38.2 Å². The Bertz CT molecular complexity index is 1460. The van der Waals surface area contributed by atoms with E-state index in [-0.39, 0.29) is 43.2 Å². The number of aryl methyl sites for hydroxylation is 1. The van der Waals surface area contributed by atoms with Crippen molar-refractivity contribution in [1.82, 2.24) is 14.9 Å². The van der Waals surface area contributed by atoms with Crippen LogP contribution in [0, 0.1) is 12.8 Å². The number of amides is 1. The number of hydrogen-bond acceptors (Lipinski definition) is 7. The first-order valence-electron chi connectivity index (χ1n) is 11.8. The molecular formula is C26H26ClN3O6. The van der Waals surface area contributed by atoms with Crippen molar-refractivity contribution in [2.24, 2.45) is 5.92 Å². The van der Waals surface area contributed by atoms with Crippen LogP contribution in [0.3, 0.4) is 0 Å². The molecule has 188 valence electrons. The number of aliphatic hydroxyl groups is 2. The first-order valence-corrected chi connectivity index (χ1v) is 12.2. The van der Waals surface area contributed by atoms with E-state index in [0.717, 1.165) is 34.9 Å². The minimum atomic E-state index is -1.05. The highest BCUT2D eigenvalue weighted by atomic mass is 35.5. The van der Waals surface area contributed by atoms with Crippen LogP contribution >= 0.6 is 11.6 Å². The van der Waals surface area contributed by atoms with Crippen LogP contribution in [-0.2, 0) is 34.0 Å². The Balaban J connectivity index is 1.66. The monoisotopic (exact) mass is 511 g/mol. The van der Waals surface area contributed by atoms with Crippen molar-refractivity contribution in [2.45, 2.75) is 58.6 Å². The highest BCUT2D eigenvalue weighted by Gasteiger charge is 2.35. The molecule has 3 N–H and O–H groups in total. The van der Waals surface area contributed by atoms with E-state index < -0.39 is 18.1 Å². The summed E-state index contributed by atoms with van der Waals surface area (Å²) >= 11 is 6.39. The van der Waals surface area contributed by atoms with Crippen molar-refractivity contribution in [3.63, 3.8) is 0 Å². The minimum absolute atomic E-state index is 0.000296. The number of aliphatic hydroxyl groups excluding tert-OH is 2. The van der Waals surface area contributed by atoms with Gasteiger partial charge in [0.1, 0.15) is 12.7 Å². The summed E-state index contributed by atoms with van der Waals surface area (Å²) in [5.41, 5.74) is 4.21. The molecule has 2 atom stereocenters. The lowest BCUT2D eigenvalue weighted by atomic mass is 9.98. The smallest absolute Gasteiger partial charge is 0.293 e. The molecule has 10 heteroatoms. The summed E-state index contributed by atoms with van der Waals surface area (Å²) in [4.78, 5) is 41.6. The fraction of sp³-hybridized carbons (Fsp3) is 0.385. The van der Waals surface area contributed by atoms with Gasteiger partial charge < -0.3 is 24.8 Å². The molecule has 2 aromatic heterocycles. The summed E-state index contributed by atoms with van der Waals surface area (Å²) in [6.07, 6.45) is -0.353. The number of fused-ring (bicyclic) bond motifs is 4. The van der Waals surface area contributed by atoms with E-state index in [4.69, 9.17) is 21.3 Å². The maximum atomic E-state index is 13.4. The Labute approximate surface area is 211 Å². The normalized spacial score (nSPS) is 15.8. The van der Waals surface area contributed by atoms with Gasteiger partial charge in [-0.15, -0.1) is 0 Å².